The number of carboxylic acid groups (broad SMARTS) is 1. The summed E-state index contributed by atoms with van der Waals surface area (Å²) >= 11 is 1.46. The van der Waals surface area contributed by atoms with E-state index in [1.807, 2.05) is 0 Å². The molecule has 0 aliphatic heterocycles. The van der Waals surface area contributed by atoms with E-state index in [1.54, 1.807) is 5.38 Å². The molecule has 1 heterocycles. The first kappa shape index (κ1) is 13.0. The summed E-state index contributed by atoms with van der Waals surface area (Å²) in [5.41, 5.74) is 0.622. The predicted molar refractivity (Wildman–Crippen MR) is 66.0 cm³/mol. The molecule has 2 N–H and O–H groups in total. The van der Waals surface area contributed by atoms with Gasteiger partial charge in [-0.25, -0.2) is 4.98 Å². The molecule has 90 valence electrons. The number of hydrogen-bond acceptors (Lipinski definition) is 4. The average Bonchev–Trinajstić information content (AvgIpc) is 2.63. The van der Waals surface area contributed by atoms with Crippen LogP contribution in [0.3, 0.4) is 0 Å². The molecule has 16 heavy (non-hydrogen) atoms. The van der Waals surface area contributed by atoms with Gasteiger partial charge in [0.2, 0.25) is 0 Å². The molecule has 4 nitrogen and oxygen atoms in total. The molecule has 1 rings (SSSR count). The topological polar surface area (TPSA) is 62.2 Å². The molecule has 0 saturated carbocycles. The predicted octanol–water partition coefficient (Wildman–Crippen LogP) is 2.62. The van der Waals surface area contributed by atoms with Crippen LogP contribution in [0.15, 0.2) is 5.38 Å². The number of carboxylic acids is 1. The molecule has 1 aromatic rings. The van der Waals surface area contributed by atoms with Crippen LogP contribution in [-0.2, 0) is 11.2 Å². The fraction of sp³-hybridized carbons (Fsp3) is 0.636. The maximum absolute atomic E-state index is 10.5. The van der Waals surface area contributed by atoms with Gasteiger partial charge in [0, 0.05) is 11.4 Å². The molecule has 2 unspecified atom stereocenters. The third-order valence-electron chi connectivity index (χ3n) is 2.73. The van der Waals surface area contributed by atoms with Gasteiger partial charge >= 0.3 is 5.97 Å². The lowest BCUT2D eigenvalue weighted by Gasteiger charge is -2.18. The van der Waals surface area contributed by atoms with Gasteiger partial charge in [-0.05, 0) is 12.8 Å². The molecule has 0 bridgehead atoms. The summed E-state index contributed by atoms with van der Waals surface area (Å²) in [6.45, 7) is 6.45. The van der Waals surface area contributed by atoms with Crippen LogP contribution in [0.4, 0.5) is 5.13 Å². The minimum Gasteiger partial charge on any atom is -0.481 e. The van der Waals surface area contributed by atoms with Crippen molar-refractivity contribution >= 4 is 22.4 Å². The van der Waals surface area contributed by atoms with Gasteiger partial charge in [0.1, 0.15) is 0 Å². The first-order valence-electron chi connectivity index (χ1n) is 5.45. The first-order chi connectivity index (χ1) is 7.52. The number of carbonyl (C=O) groups is 1. The summed E-state index contributed by atoms with van der Waals surface area (Å²) in [5.74, 6) is -0.265. The number of rotatable bonds is 6. The summed E-state index contributed by atoms with van der Waals surface area (Å²) < 4.78 is 0. The highest BCUT2D eigenvalue weighted by Gasteiger charge is 2.12. The van der Waals surface area contributed by atoms with Crippen LogP contribution in [0.5, 0.6) is 0 Å². The molecule has 0 spiro atoms. The second kappa shape index (κ2) is 5.84. The van der Waals surface area contributed by atoms with Crippen molar-refractivity contribution in [1.82, 2.24) is 4.98 Å². The quantitative estimate of drug-likeness (QED) is 0.805. The number of anilines is 1. The molecule has 0 radical (unpaired) electrons. The Morgan fingerprint density at radius 1 is 1.62 bits per heavy atom. The Balaban J connectivity index is 2.54. The van der Waals surface area contributed by atoms with E-state index in [-0.39, 0.29) is 6.42 Å². The van der Waals surface area contributed by atoms with Crippen LogP contribution in [-0.4, -0.2) is 22.1 Å². The summed E-state index contributed by atoms with van der Waals surface area (Å²) in [5, 5.41) is 14.5. The van der Waals surface area contributed by atoms with Crippen LogP contribution in [0.25, 0.3) is 0 Å². The monoisotopic (exact) mass is 242 g/mol. The molecule has 2 atom stereocenters. The van der Waals surface area contributed by atoms with Gasteiger partial charge < -0.3 is 10.4 Å². The SMILES string of the molecule is CCC(C)C(C)Nc1nc(CC(=O)O)cs1. The number of aromatic nitrogens is 1. The average molecular weight is 242 g/mol. The van der Waals surface area contributed by atoms with Crippen molar-refractivity contribution < 1.29 is 9.90 Å². The number of nitrogens with one attached hydrogen (secondary N) is 1. The maximum Gasteiger partial charge on any atom is 0.309 e. The molecule has 5 heteroatoms. The molecule has 0 saturated heterocycles. The molecule has 0 aliphatic carbocycles. The van der Waals surface area contributed by atoms with Crippen LogP contribution >= 0.6 is 11.3 Å². The minimum atomic E-state index is -0.841. The van der Waals surface area contributed by atoms with Gasteiger partial charge in [0.05, 0.1) is 12.1 Å². The van der Waals surface area contributed by atoms with Crippen molar-refractivity contribution in [1.29, 1.82) is 0 Å². The Bertz CT molecular complexity index is 352. The van der Waals surface area contributed by atoms with E-state index in [0.717, 1.165) is 11.6 Å². The Morgan fingerprint density at radius 3 is 2.88 bits per heavy atom. The van der Waals surface area contributed by atoms with Crippen LogP contribution < -0.4 is 5.32 Å². The number of thiazole rings is 1. The van der Waals surface area contributed by atoms with E-state index in [4.69, 9.17) is 5.11 Å². The van der Waals surface area contributed by atoms with Gasteiger partial charge in [-0.3, -0.25) is 4.79 Å². The van der Waals surface area contributed by atoms with E-state index < -0.39 is 5.97 Å². The third kappa shape index (κ3) is 3.81. The molecule has 0 fully saturated rings. The minimum absolute atomic E-state index is 0.00408. The second-order valence-corrected chi connectivity index (χ2v) is 4.89. The highest BCUT2D eigenvalue weighted by molar-refractivity contribution is 7.13. The lowest BCUT2D eigenvalue weighted by atomic mass is 10.0. The number of nitrogens with zero attached hydrogens (tertiary/aromatic N) is 1. The zero-order valence-corrected chi connectivity index (χ0v) is 10.7. The fourth-order valence-corrected chi connectivity index (χ4v) is 2.11. The van der Waals surface area contributed by atoms with E-state index in [0.29, 0.717) is 17.7 Å². The van der Waals surface area contributed by atoms with E-state index in [1.165, 1.54) is 11.3 Å². The maximum atomic E-state index is 10.5. The van der Waals surface area contributed by atoms with Gasteiger partial charge in [-0.2, -0.15) is 0 Å². The third-order valence-corrected chi connectivity index (χ3v) is 3.56. The van der Waals surface area contributed by atoms with Gasteiger partial charge in [-0.15, -0.1) is 11.3 Å². The largest absolute Gasteiger partial charge is 0.481 e. The van der Waals surface area contributed by atoms with Crippen molar-refractivity contribution in [2.45, 2.75) is 39.7 Å². The highest BCUT2D eigenvalue weighted by atomic mass is 32.1. The van der Waals surface area contributed by atoms with Crippen molar-refractivity contribution in [2.24, 2.45) is 5.92 Å². The molecule has 0 aromatic carbocycles. The lowest BCUT2D eigenvalue weighted by Crippen LogP contribution is -2.23. The first-order valence-corrected chi connectivity index (χ1v) is 6.33. The van der Waals surface area contributed by atoms with Crippen LogP contribution in [0.2, 0.25) is 0 Å². The van der Waals surface area contributed by atoms with Gasteiger partial charge in [0.15, 0.2) is 5.13 Å². The molecular weight excluding hydrogens is 224 g/mol. The Labute approximate surface area is 99.7 Å². The number of hydrogen-bond donors (Lipinski definition) is 2. The molecular formula is C11H18N2O2S. The van der Waals surface area contributed by atoms with Crippen LogP contribution in [0.1, 0.15) is 32.9 Å². The summed E-state index contributed by atoms with van der Waals surface area (Å²) in [6, 6.07) is 0.355. The molecule has 0 aliphatic rings. The van der Waals surface area contributed by atoms with E-state index in [9.17, 15) is 4.79 Å². The zero-order valence-electron chi connectivity index (χ0n) is 9.86. The zero-order chi connectivity index (χ0) is 12.1. The lowest BCUT2D eigenvalue weighted by molar-refractivity contribution is -0.136. The Morgan fingerprint density at radius 2 is 2.31 bits per heavy atom. The van der Waals surface area contributed by atoms with Crippen molar-refractivity contribution in [2.75, 3.05) is 5.32 Å². The van der Waals surface area contributed by atoms with Crippen molar-refractivity contribution in [3.05, 3.63) is 11.1 Å². The summed E-state index contributed by atoms with van der Waals surface area (Å²) in [4.78, 5) is 14.7. The fourth-order valence-electron chi connectivity index (χ4n) is 1.30. The molecule has 0 amide bonds. The Kier molecular flexibility index (Phi) is 4.73. The highest BCUT2D eigenvalue weighted by Crippen LogP contribution is 2.19. The van der Waals surface area contributed by atoms with E-state index >= 15 is 0 Å². The smallest absolute Gasteiger partial charge is 0.309 e. The normalized spacial score (nSPS) is 14.4. The second-order valence-electron chi connectivity index (χ2n) is 4.03. The Hall–Kier alpha value is -1.10. The summed E-state index contributed by atoms with van der Waals surface area (Å²) in [6.07, 6.45) is 1.11. The van der Waals surface area contributed by atoms with Crippen molar-refractivity contribution in [3.63, 3.8) is 0 Å². The van der Waals surface area contributed by atoms with Crippen LogP contribution in [0, 0.1) is 5.92 Å². The number of aliphatic carboxylic acids is 1. The molecule has 1 aromatic heterocycles. The summed E-state index contributed by atoms with van der Waals surface area (Å²) in [7, 11) is 0. The van der Waals surface area contributed by atoms with Gasteiger partial charge in [-0.1, -0.05) is 20.3 Å². The van der Waals surface area contributed by atoms with Gasteiger partial charge in [0.25, 0.3) is 0 Å². The van der Waals surface area contributed by atoms with Crippen molar-refractivity contribution in [3.8, 4) is 0 Å². The standard InChI is InChI=1S/C11H18N2O2S/c1-4-7(2)8(3)12-11-13-9(6-16-11)5-10(14)15/h6-8H,4-5H2,1-3H3,(H,12,13)(H,14,15). The van der Waals surface area contributed by atoms with E-state index in [2.05, 4.69) is 31.1 Å².